The molecule has 0 spiro atoms. The molecule has 3 N–H and O–H groups in total. The number of hydrogen-bond donors (Lipinski definition) is 2. The first-order valence-corrected chi connectivity index (χ1v) is 7.04. The van der Waals surface area contributed by atoms with Crippen LogP contribution in [0, 0.1) is 11.6 Å². The van der Waals surface area contributed by atoms with Gasteiger partial charge in [-0.1, -0.05) is 23.7 Å². The summed E-state index contributed by atoms with van der Waals surface area (Å²) < 4.78 is 28.0. The molecule has 0 aliphatic rings. The molecule has 0 aromatic heterocycles. The third kappa shape index (κ3) is 3.35. The molecule has 2 rings (SSSR count). The maximum Gasteiger partial charge on any atom is 0.129 e. The van der Waals surface area contributed by atoms with E-state index in [2.05, 4.69) is 21.4 Å². The molecule has 0 amide bonds. The fourth-order valence-electron chi connectivity index (χ4n) is 1.93. The summed E-state index contributed by atoms with van der Waals surface area (Å²) in [7, 11) is 0. The van der Waals surface area contributed by atoms with Crippen LogP contribution in [0.25, 0.3) is 0 Å². The van der Waals surface area contributed by atoms with Crippen LogP contribution in [-0.2, 0) is 6.42 Å². The zero-order valence-electron chi connectivity index (χ0n) is 10.3. The third-order valence-electron chi connectivity index (χ3n) is 3.02. The average Bonchev–Trinajstić information content (AvgIpc) is 2.42. The first-order chi connectivity index (χ1) is 9.52. The van der Waals surface area contributed by atoms with Gasteiger partial charge in [-0.15, -0.1) is 0 Å². The normalized spacial score (nSPS) is 12.4. The predicted molar refractivity (Wildman–Crippen MR) is 79.3 cm³/mol. The van der Waals surface area contributed by atoms with Crippen molar-refractivity contribution in [1.82, 2.24) is 5.43 Å². The Balaban J connectivity index is 2.31. The van der Waals surface area contributed by atoms with Gasteiger partial charge < -0.3 is 0 Å². The van der Waals surface area contributed by atoms with Crippen LogP contribution >= 0.6 is 27.5 Å². The number of rotatable bonds is 4. The monoisotopic (exact) mass is 360 g/mol. The SMILES string of the molecule is NNC(Cc1c(F)cccc1F)c1ccc(Cl)c(Br)c1. The summed E-state index contributed by atoms with van der Waals surface area (Å²) in [6.07, 6.45) is 0.100. The topological polar surface area (TPSA) is 38.0 Å². The van der Waals surface area contributed by atoms with E-state index in [0.29, 0.717) is 9.50 Å². The van der Waals surface area contributed by atoms with Gasteiger partial charge in [0.15, 0.2) is 0 Å². The molecule has 2 aromatic carbocycles. The van der Waals surface area contributed by atoms with E-state index in [1.165, 1.54) is 18.2 Å². The number of hydrogen-bond acceptors (Lipinski definition) is 2. The average molecular weight is 362 g/mol. The molecule has 0 aliphatic heterocycles. The first kappa shape index (κ1) is 15.4. The molecule has 0 saturated heterocycles. The molecule has 20 heavy (non-hydrogen) atoms. The smallest absolute Gasteiger partial charge is 0.129 e. The first-order valence-electron chi connectivity index (χ1n) is 5.87. The van der Waals surface area contributed by atoms with Gasteiger partial charge in [0.1, 0.15) is 11.6 Å². The second-order valence-electron chi connectivity index (χ2n) is 4.30. The van der Waals surface area contributed by atoms with Crippen LogP contribution < -0.4 is 11.3 Å². The summed E-state index contributed by atoms with van der Waals surface area (Å²) >= 11 is 9.23. The van der Waals surface area contributed by atoms with Crippen molar-refractivity contribution in [2.45, 2.75) is 12.5 Å². The van der Waals surface area contributed by atoms with E-state index in [9.17, 15) is 8.78 Å². The van der Waals surface area contributed by atoms with Gasteiger partial charge in [-0.2, -0.15) is 0 Å². The molecule has 0 bridgehead atoms. The summed E-state index contributed by atoms with van der Waals surface area (Å²) in [5.74, 6) is 4.33. The van der Waals surface area contributed by atoms with Crippen LogP contribution in [0.4, 0.5) is 8.78 Å². The molecule has 0 fully saturated rings. The summed E-state index contributed by atoms with van der Waals surface area (Å²) in [6, 6.07) is 8.59. The van der Waals surface area contributed by atoms with E-state index in [-0.39, 0.29) is 12.0 Å². The quantitative estimate of drug-likeness (QED) is 0.635. The van der Waals surface area contributed by atoms with Crippen LogP contribution in [0.3, 0.4) is 0 Å². The minimum Gasteiger partial charge on any atom is -0.271 e. The lowest BCUT2D eigenvalue weighted by atomic mass is 9.99. The molecule has 0 saturated carbocycles. The van der Waals surface area contributed by atoms with E-state index in [0.717, 1.165) is 5.56 Å². The molecule has 6 heteroatoms. The number of halogens is 4. The largest absolute Gasteiger partial charge is 0.271 e. The Kier molecular flexibility index (Phi) is 5.10. The lowest BCUT2D eigenvalue weighted by molar-refractivity contribution is 0.500. The van der Waals surface area contributed by atoms with Gasteiger partial charge in [0, 0.05) is 10.0 Å². The fourth-order valence-corrected chi connectivity index (χ4v) is 2.45. The molecule has 2 nitrogen and oxygen atoms in total. The highest BCUT2D eigenvalue weighted by Gasteiger charge is 2.17. The van der Waals surface area contributed by atoms with Crippen LogP contribution in [0.1, 0.15) is 17.2 Å². The summed E-state index contributed by atoms with van der Waals surface area (Å²) in [5.41, 5.74) is 3.36. The minimum atomic E-state index is -0.585. The van der Waals surface area contributed by atoms with E-state index in [1.54, 1.807) is 18.2 Å². The molecule has 0 heterocycles. The van der Waals surface area contributed by atoms with Gasteiger partial charge in [-0.3, -0.25) is 11.3 Å². The Morgan fingerprint density at radius 1 is 1.20 bits per heavy atom. The third-order valence-corrected chi connectivity index (χ3v) is 4.23. The number of hydrazine groups is 1. The Bertz CT molecular complexity index is 602. The Morgan fingerprint density at radius 3 is 2.40 bits per heavy atom. The van der Waals surface area contributed by atoms with Gasteiger partial charge in [0.2, 0.25) is 0 Å². The van der Waals surface area contributed by atoms with Crippen LogP contribution in [0.15, 0.2) is 40.9 Å². The summed E-state index contributed by atoms with van der Waals surface area (Å²) in [5, 5.41) is 0.557. The van der Waals surface area contributed by atoms with Crippen molar-refractivity contribution in [2.75, 3.05) is 0 Å². The molecule has 1 unspecified atom stereocenters. The zero-order valence-corrected chi connectivity index (χ0v) is 12.7. The molecule has 106 valence electrons. The van der Waals surface area contributed by atoms with Crippen molar-refractivity contribution in [3.63, 3.8) is 0 Å². The van der Waals surface area contributed by atoms with Gasteiger partial charge in [-0.05, 0) is 52.2 Å². The van der Waals surface area contributed by atoms with Gasteiger partial charge in [0.25, 0.3) is 0 Å². The zero-order chi connectivity index (χ0) is 14.7. The molecule has 0 aliphatic carbocycles. The fraction of sp³-hybridized carbons (Fsp3) is 0.143. The van der Waals surface area contributed by atoms with Crippen LogP contribution in [0.2, 0.25) is 5.02 Å². The lowest BCUT2D eigenvalue weighted by Gasteiger charge is -2.18. The summed E-state index contributed by atoms with van der Waals surface area (Å²) in [6.45, 7) is 0. The maximum atomic E-state index is 13.7. The second kappa shape index (κ2) is 6.63. The molecule has 2 aromatic rings. The van der Waals surface area contributed by atoms with E-state index >= 15 is 0 Å². The van der Waals surface area contributed by atoms with Crippen LogP contribution in [0.5, 0.6) is 0 Å². The minimum absolute atomic E-state index is 0.00141. The Morgan fingerprint density at radius 2 is 1.85 bits per heavy atom. The Hall–Kier alpha value is -1.01. The highest BCUT2D eigenvalue weighted by Crippen LogP contribution is 2.28. The standard InChI is InChI=1S/C14H12BrClF2N2/c15-10-6-8(4-5-11(10)16)14(20-19)7-9-12(17)2-1-3-13(9)18/h1-6,14,20H,7,19H2. The molecular weight excluding hydrogens is 350 g/mol. The number of nitrogens with two attached hydrogens (primary N) is 1. The van der Waals surface area contributed by atoms with Crippen molar-refractivity contribution < 1.29 is 8.78 Å². The second-order valence-corrected chi connectivity index (χ2v) is 5.56. The van der Waals surface area contributed by atoms with Crippen molar-refractivity contribution in [2.24, 2.45) is 5.84 Å². The van der Waals surface area contributed by atoms with Crippen molar-refractivity contribution in [3.05, 3.63) is 68.7 Å². The highest BCUT2D eigenvalue weighted by atomic mass is 79.9. The van der Waals surface area contributed by atoms with Crippen molar-refractivity contribution in [1.29, 1.82) is 0 Å². The molecular formula is C14H12BrClF2N2. The predicted octanol–water partition coefficient (Wildman–Crippen LogP) is 4.13. The highest BCUT2D eigenvalue weighted by molar-refractivity contribution is 9.10. The summed E-state index contributed by atoms with van der Waals surface area (Å²) in [4.78, 5) is 0. The maximum absolute atomic E-state index is 13.7. The number of nitrogens with one attached hydrogen (secondary N) is 1. The van der Waals surface area contributed by atoms with Gasteiger partial charge in [-0.25, -0.2) is 8.78 Å². The van der Waals surface area contributed by atoms with Gasteiger partial charge >= 0.3 is 0 Å². The number of benzene rings is 2. The lowest BCUT2D eigenvalue weighted by Crippen LogP contribution is -2.30. The van der Waals surface area contributed by atoms with E-state index < -0.39 is 17.7 Å². The van der Waals surface area contributed by atoms with Crippen molar-refractivity contribution in [3.8, 4) is 0 Å². The van der Waals surface area contributed by atoms with Gasteiger partial charge in [0.05, 0.1) is 11.1 Å². The van der Waals surface area contributed by atoms with Crippen molar-refractivity contribution >= 4 is 27.5 Å². The van der Waals surface area contributed by atoms with E-state index in [4.69, 9.17) is 17.4 Å². The Labute approximate surface area is 129 Å². The molecule has 0 radical (unpaired) electrons. The molecule has 1 atom stereocenters. The van der Waals surface area contributed by atoms with Crippen LogP contribution in [-0.4, -0.2) is 0 Å². The van der Waals surface area contributed by atoms with E-state index in [1.807, 2.05) is 0 Å².